The number of amides is 1. The number of carbonyl (C=O) groups is 1. The van der Waals surface area contributed by atoms with Crippen LogP contribution in [0.15, 0.2) is 28.3 Å². The first-order valence-corrected chi connectivity index (χ1v) is 9.72. The molecule has 1 amide bonds. The van der Waals surface area contributed by atoms with E-state index in [2.05, 4.69) is 14.7 Å². The van der Waals surface area contributed by atoms with Crippen molar-refractivity contribution in [3.63, 3.8) is 0 Å². The van der Waals surface area contributed by atoms with E-state index in [4.69, 9.17) is 0 Å². The van der Waals surface area contributed by atoms with E-state index in [0.29, 0.717) is 23.1 Å². The van der Waals surface area contributed by atoms with Gasteiger partial charge in [-0.25, -0.2) is 13.4 Å². The third-order valence-electron chi connectivity index (χ3n) is 3.90. The molecule has 0 saturated heterocycles. The maximum absolute atomic E-state index is 12.3. The zero-order valence-corrected chi connectivity index (χ0v) is 13.8. The smallest absolute Gasteiger partial charge is 0.258 e. The average molecular weight is 350 g/mol. The van der Waals surface area contributed by atoms with Crippen LogP contribution in [-0.4, -0.2) is 42.3 Å². The Bertz CT molecular complexity index is 858. The Hall–Kier alpha value is -2.00. The number of hydrogen-bond donors (Lipinski definition) is 1. The molecule has 4 rings (SSSR count). The third kappa shape index (κ3) is 2.81. The molecule has 0 atom stereocenters. The Morgan fingerprint density at radius 3 is 3.00 bits per heavy atom. The summed E-state index contributed by atoms with van der Waals surface area (Å²) in [5.41, 5.74) is 1.55. The molecule has 0 bridgehead atoms. The van der Waals surface area contributed by atoms with Gasteiger partial charge in [0.1, 0.15) is 5.84 Å². The second-order valence-electron chi connectivity index (χ2n) is 5.54. The van der Waals surface area contributed by atoms with E-state index >= 15 is 0 Å². The molecule has 3 aliphatic rings. The van der Waals surface area contributed by atoms with Gasteiger partial charge in [-0.1, -0.05) is 0 Å². The van der Waals surface area contributed by atoms with Crippen LogP contribution in [0.4, 0.5) is 5.13 Å². The summed E-state index contributed by atoms with van der Waals surface area (Å²) in [4.78, 5) is 19.7. The van der Waals surface area contributed by atoms with Crippen molar-refractivity contribution in [2.75, 3.05) is 17.6 Å². The molecular weight excluding hydrogens is 336 g/mol. The van der Waals surface area contributed by atoms with Crippen LogP contribution in [0.25, 0.3) is 0 Å². The van der Waals surface area contributed by atoms with E-state index in [1.807, 2.05) is 0 Å². The summed E-state index contributed by atoms with van der Waals surface area (Å²) in [6.45, 7) is 0.299. The van der Waals surface area contributed by atoms with E-state index in [1.54, 1.807) is 23.3 Å². The first-order valence-electron chi connectivity index (χ1n) is 7.29. The summed E-state index contributed by atoms with van der Waals surface area (Å²) in [5.74, 6) is 0.0526. The van der Waals surface area contributed by atoms with E-state index in [-0.39, 0.29) is 11.7 Å². The minimum Gasteiger partial charge on any atom is -0.330 e. The number of carbonyl (C=O) groups excluding carboxylic acids is 1. The molecule has 0 saturated carbocycles. The van der Waals surface area contributed by atoms with Crippen LogP contribution in [0, 0.1) is 0 Å². The lowest BCUT2D eigenvalue weighted by atomic mass is 10.2. The molecule has 1 aromatic heterocycles. The highest BCUT2D eigenvalue weighted by Crippen LogP contribution is 2.30. The SMILES string of the molecule is O=C(Nc1nc2c(s1)CCC2)C1=CN2CCS(=O)(=O)N=C2C=C1. The molecule has 1 aromatic rings. The minimum atomic E-state index is -3.38. The number of aryl methyl sites for hydroxylation is 2. The van der Waals surface area contributed by atoms with Gasteiger partial charge in [0.25, 0.3) is 15.9 Å². The topological polar surface area (TPSA) is 91.7 Å². The molecule has 0 fully saturated rings. The Labute approximate surface area is 137 Å². The van der Waals surface area contributed by atoms with Crippen LogP contribution in [0.1, 0.15) is 17.0 Å². The van der Waals surface area contributed by atoms with Gasteiger partial charge in [-0.2, -0.15) is 0 Å². The molecule has 7 nitrogen and oxygen atoms in total. The van der Waals surface area contributed by atoms with Crippen molar-refractivity contribution in [1.82, 2.24) is 9.88 Å². The molecule has 120 valence electrons. The first-order chi connectivity index (χ1) is 11.0. The fourth-order valence-corrected chi connectivity index (χ4v) is 4.76. The molecular formula is C14H14N4O3S2. The monoisotopic (exact) mass is 350 g/mol. The Morgan fingerprint density at radius 2 is 2.17 bits per heavy atom. The van der Waals surface area contributed by atoms with Crippen molar-refractivity contribution in [1.29, 1.82) is 0 Å². The zero-order valence-electron chi connectivity index (χ0n) is 12.2. The fourth-order valence-electron chi connectivity index (χ4n) is 2.75. The molecule has 3 heterocycles. The molecule has 0 radical (unpaired) electrons. The maximum atomic E-state index is 12.3. The number of nitrogens with zero attached hydrogens (tertiary/aromatic N) is 3. The average Bonchev–Trinajstić information content (AvgIpc) is 3.07. The largest absolute Gasteiger partial charge is 0.330 e. The van der Waals surface area contributed by atoms with Crippen molar-refractivity contribution < 1.29 is 13.2 Å². The van der Waals surface area contributed by atoms with Gasteiger partial charge >= 0.3 is 0 Å². The number of anilines is 1. The Kier molecular flexibility index (Phi) is 3.34. The second-order valence-corrected chi connectivity index (χ2v) is 8.38. The molecule has 23 heavy (non-hydrogen) atoms. The highest BCUT2D eigenvalue weighted by atomic mass is 32.2. The van der Waals surface area contributed by atoms with Crippen molar-refractivity contribution in [3.05, 3.63) is 34.5 Å². The van der Waals surface area contributed by atoms with Crippen molar-refractivity contribution in [2.45, 2.75) is 19.3 Å². The highest BCUT2D eigenvalue weighted by Gasteiger charge is 2.25. The standard InChI is InChI=1S/C14H14N4O3S2/c19-13(16-14-15-10-2-1-3-11(10)22-14)9-4-5-12-17-23(20,21)7-6-18(12)8-9/h4-5,8H,1-3,6-7H2,(H,15,16,19). The van der Waals surface area contributed by atoms with Gasteiger partial charge < -0.3 is 4.90 Å². The van der Waals surface area contributed by atoms with Gasteiger partial charge in [0.05, 0.1) is 17.0 Å². The lowest BCUT2D eigenvalue weighted by molar-refractivity contribution is -0.112. The van der Waals surface area contributed by atoms with Gasteiger partial charge in [0, 0.05) is 17.6 Å². The van der Waals surface area contributed by atoms with Gasteiger partial charge in [0.15, 0.2) is 5.13 Å². The lowest BCUT2D eigenvalue weighted by Crippen LogP contribution is -2.37. The number of thiazole rings is 1. The van der Waals surface area contributed by atoms with E-state index in [9.17, 15) is 13.2 Å². The van der Waals surface area contributed by atoms with E-state index < -0.39 is 10.0 Å². The van der Waals surface area contributed by atoms with Gasteiger partial charge in [-0.05, 0) is 31.4 Å². The predicted molar refractivity (Wildman–Crippen MR) is 87.9 cm³/mol. The highest BCUT2D eigenvalue weighted by molar-refractivity contribution is 7.90. The fraction of sp³-hybridized carbons (Fsp3) is 0.357. The number of fused-ring (bicyclic) bond motifs is 2. The van der Waals surface area contributed by atoms with Crippen LogP contribution in [-0.2, 0) is 27.7 Å². The molecule has 0 unspecified atom stereocenters. The zero-order chi connectivity index (χ0) is 16.0. The molecule has 2 aliphatic heterocycles. The number of hydrogen-bond acceptors (Lipinski definition) is 6. The second kappa shape index (κ2) is 5.27. The Morgan fingerprint density at radius 1 is 1.30 bits per heavy atom. The predicted octanol–water partition coefficient (Wildman–Crippen LogP) is 1.07. The summed E-state index contributed by atoms with van der Waals surface area (Å²) >= 11 is 1.53. The number of nitrogens with one attached hydrogen (secondary N) is 1. The summed E-state index contributed by atoms with van der Waals surface area (Å²) in [6.07, 6.45) is 7.90. The summed E-state index contributed by atoms with van der Waals surface area (Å²) in [6, 6.07) is 0. The molecule has 0 aromatic carbocycles. The molecule has 9 heteroatoms. The maximum Gasteiger partial charge on any atom is 0.258 e. The molecule has 0 spiro atoms. The summed E-state index contributed by atoms with van der Waals surface area (Å²) < 4.78 is 26.6. The summed E-state index contributed by atoms with van der Waals surface area (Å²) in [7, 11) is -3.38. The minimum absolute atomic E-state index is 0.0467. The van der Waals surface area contributed by atoms with Gasteiger partial charge in [-0.15, -0.1) is 15.7 Å². The first kappa shape index (κ1) is 14.6. The molecule has 1 aliphatic carbocycles. The third-order valence-corrected chi connectivity index (χ3v) is 6.14. The van der Waals surface area contributed by atoms with Crippen molar-refractivity contribution in [2.24, 2.45) is 4.40 Å². The van der Waals surface area contributed by atoms with Crippen molar-refractivity contribution in [3.8, 4) is 0 Å². The number of rotatable bonds is 2. The van der Waals surface area contributed by atoms with E-state index in [1.165, 1.54) is 16.2 Å². The lowest BCUT2D eigenvalue weighted by Gasteiger charge is -2.26. The van der Waals surface area contributed by atoms with Crippen molar-refractivity contribution >= 4 is 38.2 Å². The van der Waals surface area contributed by atoms with E-state index in [0.717, 1.165) is 25.0 Å². The quantitative estimate of drug-likeness (QED) is 0.861. The van der Waals surface area contributed by atoms with Crippen LogP contribution >= 0.6 is 11.3 Å². The number of aromatic nitrogens is 1. The van der Waals surface area contributed by atoms with Gasteiger partial charge in [0.2, 0.25) is 0 Å². The summed E-state index contributed by atoms with van der Waals surface area (Å²) in [5, 5.41) is 3.44. The van der Waals surface area contributed by atoms with Gasteiger partial charge in [-0.3, -0.25) is 10.1 Å². The number of sulfonamides is 1. The number of amidine groups is 1. The van der Waals surface area contributed by atoms with Crippen LogP contribution in [0.2, 0.25) is 0 Å². The van der Waals surface area contributed by atoms with Crippen LogP contribution in [0.5, 0.6) is 0 Å². The van der Waals surface area contributed by atoms with Crippen LogP contribution in [0.3, 0.4) is 0 Å². The van der Waals surface area contributed by atoms with Crippen LogP contribution < -0.4 is 5.32 Å². The normalized spacial score (nSPS) is 21.3. The molecule has 1 N–H and O–H groups in total. The Balaban J connectivity index is 1.51.